The zero-order chi connectivity index (χ0) is 14.6. The molecule has 2 rings (SSSR count). The average molecular weight is 274 g/mol. The number of hydrogen-bond acceptors (Lipinski definition) is 5. The van der Waals surface area contributed by atoms with Crippen LogP contribution in [-0.4, -0.2) is 32.8 Å². The van der Waals surface area contributed by atoms with Crippen molar-refractivity contribution in [3.05, 3.63) is 41.7 Å². The monoisotopic (exact) mass is 274 g/mol. The van der Waals surface area contributed by atoms with Gasteiger partial charge in [-0.15, -0.1) is 5.10 Å². The molecule has 1 aromatic carbocycles. The molecule has 1 atom stereocenters. The van der Waals surface area contributed by atoms with Gasteiger partial charge in [-0.2, -0.15) is 0 Å². The molecule has 2 aromatic rings. The number of rotatable bonds is 5. The summed E-state index contributed by atoms with van der Waals surface area (Å²) >= 11 is 0. The third-order valence-corrected chi connectivity index (χ3v) is 3.20. The maximum absolute atomic E-state index is 12.4. The first-order valence-corrected chi connectivity index (χ1v) is 6.54. The van der Waals surface area contributed by atoms with Crippen LogP contribution in [0.3, 0.4) is 0 Å². The Labute approximate surface area is 117 Å². The third-order valence-electron chi connectivity index (χ3n) is 3.20. The summed E-state index contributed by atoms with van der Waals surface area (Å²) in [5.41, 5.74) is 0.0725. The van der Waals surface area contributed by atoms with Crippen LogP contribution in [0.5, 0.6) is 0 Å². The fraction of sp³-hybridized carbons (Fsp3) is 0.429. The number of nitrogens with zero attached hydrogens (tertiary/aromatic N) is 4. The number of carbonyl (C=O) groups excluding carboxylic acids is 1. The lowest BCUT2D eigenvalue weighted by Crippen LogP contribution is -2.44. The van der Waals surface area contributed by atoms with Crippen molar-refractivity contribution in [3.63, 3.8) is 0 Å². The zero-order valence-corrected chi connectivity index (χ0v) is 11.9. The van der Waals surface area contributed by atoms with Crippen molar-refractivity contribution in [2.24, 2.45) is 0 Å². The molecule has 1 heterocycles. The van der Waals surface area contributed by atoms with E-state index in [0.29, 0.717) is 18.9 Å². The normalized spacial score (nSPS) is 13.8. The molecule has 0 spiro atoms. The first-order chi connectivity index (χ1) is 9.58. The van der Waals surface area contributed by atoms with E-state index in [1.54, 1.807) is 20.8 Å². The fourth-order valence-electron chi connectivity index (χ4n) is 2.20. The minimum absolute atomic E-state index is 0.324. The molecular weight excluding hydrogens is 256 g/mol. The number of carbonyl (C=O) groups is 1. The van der Waals surface area contributed by atoms with Gasteiger partial charge in [-0.05, 0) is 36.8 Å². The zero-order valence-electron chi connectivity index (χ0n) is 11.9. The van der Waals surface area contributed by atoms with E-state index in [1.807, 2.05) is 30.3 Å². The van der Waals surface area contributed by atoms with Gasteiger partial charge >= 0.3 is 5.97 Å². The van der Waals surface area contributed by atoms with E-state index in [1.165, 1.54) is 4.68 Å². The van der Waals surface area contributed by atoms with Crippen molar-refractivity contribution in [2.75, 3.05) is 6.61 Å². The standard InChI is InChI=1S/C14H18N4O2/c1-4-20-13(19)14(3,18-11(2)15-16-17-18)10-12-8-6-5-7-9-12/h5-9H,4,10H2,1-3H3. The average Bonchev–Trinajstić information content (AvgIpc) is 2.87. The predicted octanol–water partition coefficient (Wildman–Crippen LogP) is 1.50. The largest absolute Gasteiger partial charge is 0.464 e. The molecular formula is C14H18N4O2. The van der Waals surface area contributed by atoms with E-state index in [-0.39, 0.29) is 5.97 Å². The molecule has 1 unspecified atom stereocenters. The molecule has 0 radical (unpaired) electrons. The second-order valence-electron chi connectivity index (χ2n) is 4.79. The summed E-state index contributed by atoms with van der Waals surface area (Å²) in [6, 6.07) is 9.75. The van der Waals surface area contributed by atoms with E-state index in [4.69, 9.17) is 4.74 Å². The van der Waals surface area contributed by atoms with Crippen LogP contribution in [0.2, 0.25) is 0 Å². The molecule has 0 aliphatic heterocycles. The number of hydrogen-bond donors (Lipinski definition) is 0. The highest BCUT2D eigenvalue weighted by atomic mass is 16.5. The van der Waals surface area contributed by atoms with E-state index < -0.39 is 5.54 Å². The minimum Gasteiger partial charge on any atom is -0.464 e. The Morgan fingerprint density at radius 3 is 2.60 bits per heavy atom. The summed E-state index contributed by atoms with van der Waals surface area (Å²) in [5, 5.41) is 11.4. The van der Waals surface area contributed by atoms with Gasteiger partial charge in [0.1, 0.15) is 5.82 Å². The maximum atomic E-state index is 12.4. The summed E-state index contributed by atoms with van der Waals surface area (Å²) in [7, 11) is 0. The van der Waals surface area contributed by atoms with Gasteiger partial charge in [0.2, 0.25) is 0 Å². The topological polar surface area (TPSA) is 69.9 Å². The molecule has 6 heteroatoms. The van der Waals surface area contributed by atoms with Crippen molar-refractivity contribution < 1.29 is 9.53 Å². The summed E-state index contributed by atoms with van der Waals surface area (Å²) in [5.74, 6) is 0.246. The van der Waals surface area contributed by atoms with Crippen LogP contribution < -0.4 is 0 Å². The lowest BCUT2D eigenvalue weighted by molar-refractivity contribution is -0.153. The quantitative estimate of drug-likeness (QED) is 0.773. The van der Waals surface area contributed by atoms with Crippen LogP contribution in [0.1, 0.15) is 25.2 Å². The van der Waals surface area contributed by atoms with Crippen molar-refractivity contribution in [3.8, 4) is 0 Å². The van der Waals surface area contributed by atoms with Gasteiger partial charge in [0, 0.05) is 6.42 Å². The molecule has 0 bridgehead atoms. The lowest BCUT2D eigenvalue weighted by Gasteiger charge is -2.27. The number of aryl methyl sites for hydroxylation is 1. The molecule has 6 nitrogen and oxygen atoms in total. The van der Waals surface area contributed by atoms with Crippen molar-refractivity contribution in [1.29, 1.82) is 0 Å². The molecule has 1 aromatic heterocycles. The Bertz CT molecular complexity index is 582. The maximum Gasteiger partial charge on any atom is 0.334 e. The predicted molar refractivity (Wildman–Crippen MR) is 73.0 cm³/mol. The second-order valence-corrected chi connectivity index (χ2v) is 4.79. The summed E-state index contributed by atoms with van der Waals surface area (Å²) in [6.45, 7) is 5.67. The van der Waals surface area contributed by atoms with E-state index in [9.17, 15) is 4.79 Å². The molecule has 0 aliphatic carbocycles. The highest BCUT2D eigenvalue weighted by Crippen LogP contribution is 2.23. The van der Waals surface area contributed by atoms with Gasteiger partial charge in [0.15, 0.2) is 5.54 Å². The Balaban J connectivity index is 2.39. The number of aromatic nitrogens is 4. The third kappa shape index (κ3) is 2.68. The van der Waals surface area contributed by atoms with Crippen LogP contribution in [-0.2, 0) is 21.5 Å². The molecule has 106 valence electrons. The smallest absolute Gasteiger partial charge is 0.334 e. The molecule has 0 amide bonds. The molecule has 0 fully saturated rings. The van der Waals surface area contributed by atoms with E-state index in [0.717, 1.165) is 5.56 Å². The van der Waals surface area contributed by atoms with Crippen molar-refractivity contribution >= 4 is 5.97 Å². The highest BCUT2D eigenvalue weighted by Gasteiger charge is 2.39. The minimum atomic E-state index is -0.953. The van der Waals surface area contributed by atoms with Crippen LogP contribution in [0, 0.1) is 6.92 Å². The van der Waals surface area contributed by atoms with Crippen molar-refractivity contribution in [2.45, 2.75) is 32.7 Å². The van der Waals surface area contributed by atoms with Gasteiger partial charge < -0.3 is 4.74 Å². The summed E-state index contributed by atoms with van der Waals surface area (Å²) in [4.78, 5) is 12.4. The van der Waals surface area contributed by atoms with Crippen molar-refractivity contribution in [1.82, 2.24) is 20.2 Å². The lowest BCUT2D eigenvalue weighted by atomic mass is 9.93. The van der Waals surface area contributed by atoms with E-state index in [2.05, 4.69) is 15.5 Å². The van der Waals surface area contributed by atoms with Gasteiger partial charge in [-0.1, -0.05) is 30.3 Å². The number of ether oxygens (including phenoxy) is 1. The number of tetrazole rings is 1. The molecule has 0 saturated heterocycles. The Kier molecular flexibility index (Phi) is 4.12. The Hall–Kier alpha value is -2.24. The van der Waals surface area contributed by atoms with Gasteiger partial charge in [0.05, 0.1) is 6.61 Å². The Morgan fingerprint density at radius 2 is 2.05 bits per heavy atom. The van der Waals surface area contributed by atoms with Gasteiger partial charge in [-0.25, -0.2) is 9.48 Å². The first kappa shape index (κ1) is 14.2. The van der Waals surface area contributed by atoms with Crippen LogP contribution in [0.25, 0.3) is 0 Å². The van der Waals surface area contributed by atoms with Crippen LogP contribution in [0.15, 0.2) is 30.3 Å². The Morgan fingerprint density at radius 1 is 1.35 bits per heavy atom. The summed E-state index contributed by atoms with van der Waals surface area (Å²) in [6.07, 6.45) is 0.471. The summed E-state index contributed by atoms with van der Waals surface area (Å²) < 4.78 is 6.73. The van der Waals surface area contributed by atoms with E-state index >= 15 is 0 Å². The first-order valence-electron chi connectivity index (χ1n) is 6.54. The molecule has 20 heavy (non-hydrogen) atoms. The highest BCUT2D eigenvalue weighted by molar-refractivity contribution is 5.78. The van der Waals surface area contributed by atoms with Gasteiger partial charge in [-0.3, -0.25) is 0 Å². The molecule has 0 saturated carbocycles. The fourth-order valence-corrected chi connectivity index (χ4v) is 2.20. The van der Waals surface area contributed by atoms with Gasteiger partial charge in [0.25, 0.3) is 0 Å². The second kappa shape index (κ2) is 5.81. The number of esters is 1. The van der Waals surface area contributed by atoms with Crippen LogP contribution >= 0.6 is 0 Å². The molecule has 0 aliphatic rings. The number of benzene rings is 1. The van der Waals surface area contributed by atoms with Crippen LogP contribution in [0.4, 0.5) is 0 Å². The molecule has 0 N–H and O–H groups in total. The SMILES string of the molecule is CCOC(=O)C(C)(Cc1ccccc1)n1nnnc1C.